The van der Waals surface area contributed by atoms with E-state index < -0.39 is 17.9 Å². The molecule has 28 heavy (non-hydrogen) atoms. The van der Waals surface area contributed by atoms with E-state index in [0.29, 0.717) is 12.1 Å². The van der Waals surface area contributed by atoms with Crippen LogP contribution < -0.4 is 5.32 Å². The summed E-state index contributed by atoms with van der Waals surface area (Å²) in [6.07, 6.45) is 0.210. The van der Waals surface area contributed by atoms with Gasteiger partial charge in [-0.05, 0) is 23.3 Å². The van der Waals surface area contributed by atoms with Crippen LogP contribution in [-0.2, 0) is 22.6 Å². The Balaban J connectivity index is 2.01. The van der Waals surface area contributed by atoms with Gasteiger partial charge in [-0.2, -0.15) is 0 Å². The lowest BCUT2D eigenvalue weighted by molar-refractivity contribution is -0.139. The maximum atomic E-state index is 12.4. The molecule has 6 heteroatoms. The fourth-order valence-electron chi connectivity index (χ4n) is 2.85. The molecule has 0 heterocycles. The molecule has 0 saturated heterocycles. The zero-order chi connectivity index (χ0) is 20.7. The van der Waals surface area contributed by atoms with Gasteiger partial charge in [0.1, 0.15) is 6.04 Å². The summed E-state index contributed by atoms with van der Waals surface area (Å²) in [5.41, 5.74) is 2.11. The molecule has 2 aromatic rings. The molecule has 0 aliphatic rings. The molecule has 2 aromatic carbocycles. The fraction of sp³-hybridized carbons (Fsp3) is 0.318. The number of rotatable bonds is 8. The predicted molar refractivity (Wildman–Crippen MR) is 107 cm³/mol. The third-order valence-corrected chi connectivity index (χ3v) is 4.39. The molecule has 1 atom stereocenters. The summed E-state index contributed by atoms with van der Waals surface area (Å²) in [4.78, 5) is 37.6. The Morgan fingerprint density at radius 2 is 1.57 bits per heavy atom. The summed E-state index contributed by atoms with van der Waals surface area (Å²) < 4.78 is 0. The first-order valence-corrected chi connectivity index (χ1v) is 9.19. The Bertz CT molecular complexity index is 816. The third-order valence-electron chi connectivity index (χ3n) is 4.39. The number of carbonyl (C=O) groups excluding carboxylic acids is 2. The summed E-state index contributed by atoms with van der Waals surface area (Å²) >= 11 is 0. The van der Waals surface area contributed by atoms with Gasteiger partial charge in [0, 0.05) is 31.5 Å². The van der Waals surface area contributed by atoms with Crippen molar-refractivity contribution in [3.8, 4) is 0 Å². The zero-order valence-electron chi connectivity index (χ0n) is 16.4. The van der Waals surface area contributed by atoms with Crippen molar-refractivity contribution in [1.29, 1.82) is 0 Å². The fourth-order valence-corrected chi connectivity index (χ4v) is 2.85. The monoisotopic (exact) mass is 382 g/mol. The molecule has 0 fully saturated rings. The van der Waals surface area contributed by atoms with E-state index in [1.54, 1.807) is 36.2 Å². The average molecular weight is 382 g/mol. The number of aliphatic carboxylic acids is 1. The number of carboxylic acids is 1. The number of nitrogens with zero attached hydrogens (tertiary/aromatic N) is 1. The van der Waals surface area contributed by atoms with Gasteiger partial charge in [-0.25, -0.2) is 4.79 Å². The van der Waals surface area contributed by atoms with E-state index >= 15 is 0 Å². The Morgan fingerprint density at radius 1 is 0.964 bits per heavy atom. The van der Waals surface area contributed by atoms with Crippen LogP contribution in [0.2, 0.25) is 0 Å². The van der Waals surface area contributed by atoms with Crippen molar-refractivity contribution < 1.29 is 19.5 Å². The molecular formula is C22H26N2O4. The van der Waals surface area contributed by atoms with Gasteiger partial charge in [0.2, 0.25) is 5.91 Å². The van der Waals surface area contributed by atoms with Crippen molar-refractivity contribution in [2.24, 2.45) is 5.92 Å². The molecule has 6 nitrogen and oxygen atoms in total. The number of benzene rings is 2. The number of hydrogen-bond acceptors (Lipinski definition) is 3. The van der Waals surface area contributed by atoms with Crippen molar-refractivity contribution in [3.05, 3.63) is 71.3 Å². The first-order chi connectivity index (χ1) is 13.3. The lowest BCUT2D eigenvalue weighted by atomic mass is 10.0. The molecule has 0 aliphatic heterocycles. The van der Waals surface area contributed by atoms with Gasteiger partial charge in [-0.3, -0.25) is 9.59 Å². The van der Waals surface area contributed by atoms with E-state index in [0.717, 1.165) is 11.1 Å². The summed E-state index contributed by atoms with van der Waals surface area (Å²) in [6.45, 7) is 4.14. The van der Waals surface area contributed by atoms with Crippen LogP contribution >= 0.6 is 0 Å². The highest BCUT2D eigenvalue weighted by molar-refractivity contribution is 5.96. The molecule has 0 aromatic heterocycles. The topological polar surface area (TPSA) is 86.7 Å². The minimum Gasteiger partial charge on any atom is -0.480 e. The first-order valence-electron chi connectivity index (χ1n) is 9.19. The normalized spacial score (nSPS) is 11.7. The molecule has 0 spiro atoms. The van der Waals surface area contributed by atoms with Crippen molar-refractivity contribution in [1.82, 2.24) is 10.2 Å². The quantitative estimate of drug-likeness (QED) is 0.735. The second-order valence-electron chi connectivity index (χ2n) is 7.10. The van der Waals surface area contributed by atoms with E-state index in [1.807, 2.05) is 44.2 Å². The van der Waals surface area contributed by atoms with Crippen molar-refractivity contribution >= 4 is 17.8 Å². The van der Waals surface area contributed by atoms with Crippen LogP contribution in [0.15, 0.2) is 54.6 Å². The second-order valence-corrected chi connectivity index (χ2v) is 7.10. The molecule has 0 unspecified atom stereocenters. The Hall–Kier alpha value is -3.15. The zero-order valence-corrected chi connectivity index (χ0v) is 16.4. The van der Waals surface area contributed by atoms with Gasteiger partial charge >= 0.3 is 5.97 Å². The molecule has 148 valence electrons. The van der Waals surface area contributed by atoms with Crippen molar-refractivity contribution in [2.75, 3.05) is 7.05 Å². The Morgan fingerprint density at radius 3 is 2.11 bits per heavy atom. The number of amides is 2. The molecule has 0 saturated carbocycles. The van der Waals surface area contributed by atoms with Crippen LogP contribution in [0.25, 0.3) is 0 Å². The maximum absolute atomic E-state index is 12.4. The van der Waals surface area contributed by atoms with Gasteiger partial charge in [-0.15, -0.1) is 0 Å². The number of carboxylic acid groups (broad SMARTS) is 1. The highest BCUT2D eigenvalue weighted by Crippen LogP contribution is 2.10. The minimum atomic E-state index is -1.08. The first kappa shape index (κ1) is 21.2. The molecule has 2 amide bonds. The van der Waals surface area contributed by atoms with Crippen molar-refractivity contribution in [3.63, 3.8) is 0 Å². The Labute approximate surface area is 165 Å². The lowest BCUT2D eigenvalue weighted by Crippen LogP contribution is -2.42. The van der Waals surface area contributed by atoms with Gasteiger partial charge in [0.05, 0.1) is 0 Å². The van der Waals surface area contributed by atoms with E-state index in [1.165, 1.54) is 0 Å². The van der Waals surface area contributed by atoms with Gasteiger partial charge in [0.25, 0.3) is 5.91 Å². The number of hydrogen-bond donors (Lipinski definition) is 2. The average Bonchev–Trinajstić information content (AvgIpc) is 2.67. The molecular weight excluding hydrogens is 356 g/mol. The summed E-state index contributed by atoms with van der Waals surface area (Å²) in [6, 6.07) is 15.0. The van der Waals surface area contributed by atoms with E-state index in [2.05, 4.69) is 5.32 Å². The highest BCUT2D eigenvalue weighted by atomic mass is 16.4. The van der Waals surface area contributed by atoms with Crippen LogP contribution in [0, 0.1) is 5.92 Å². The van der Waals surface area contributed by atoms with E-state index in [9.17, 15) is 19.5 Å². The standard InChI is InChI=1S/C22H26N2O4/c1-15(2)21(26)24(3)14-17-9-11-18(12-10-17)20(25)23-19(22(27)28)13-16-7-5-4-6-8-16/h4-12,15,19H,13-14H2,1-3H3,(H,23,25)(H,27,28)/t19-/m1/s1. The van der Waals surface area contributed by atoms with Crippen LogP contribution in [0.4, 0.5) is 0 Å². The lowest BCUT2D eigenvalue weighted by Gasteiger charge is -2.19. The summed E-state index contributed by atoms with van der Waals surface area (Å²) in [7, 11) is 1.74. The molecule has 0 bridgehead atoms. The maximum Gasteiger partial charge on any atom is 0.326 e. The van der Waals surface area contributed by atoms with Crippen LogP contribution in [0.5, 0.6) is 0 Å². The van der Waals surface area contributed by atoms with Crippen molar-refractivity contribution in [2.45, 2.75) is 32.9 Å². The van der Waals surface area contributed by atoms with E-state index in [-0.39, 0.29) is 18.2 Å². The van der Waals surface area contributed by atoms with Crippen LogP contribution in [0.1, 0.15) is 35.3 Å². The van der Waals surface area contributed by atoms with Gasteiger partial charge in [0.15, 0.2) is 0 Å². The largest absolute Gasteiger partial charge is 0.480 e. The van der Waals surface area contributed by atoms with Gasteiger partial charge in [-0.1, -0.05) is 56.3 Å². The number of carbonyl (C=O) groups is 3. The van der Waals surface area contributed by atoms with E-state index in [4.69, 9.17) is 0 Å². The molecule has 2 N–H and O–H groups in total. The molecule has 0 aliphatic carbocycles. The minimum absolute atomic E-state index is 0.0482. The van der Waals surface area contributed by atoms with Crippen LogP contribution in [0.3, 0.4) is 0 Å². The molecule has 0 radical (unpaired) electrons. The molecule has 2 rings (SSSR count). The summed E-state index contributed by atoms with van der Waals surface area (Å²) in [5, 5.41) is 12.0. The third kappa shape index (κ3) is 5.94. The Kier molecular flexibility index (Phi) is 7.32. The van der Waals surface area contributed by atoms with Gasteiger partial charge < -0.3 is 15.3 Å². The SMILES string of the molecule is CC(C)C(=O)N(C)Cc1ccc(C(=O)N[C@H](Cc2ccccc2)C(=O)O)cc1. The highest BCUT2D eigenvalue weighted by Gasteiger charge is 2.21. The summed E-state index contributed by atoms with van der Waals surface area (Å²) in [5.74, 6) is -1.55. The smallest absolute Gasteiger partial charge is 0.326 e. The predicted octanol–water partition coefficient (Wildman–Crippen LogP) is 2.73. The number of nitrogens with one attached hydrogen (secondary N) is 1. The van der Waals surface area contributed by atoms with Crippen LogP contribution in [-0.4, -0.2) is 40.9 Å². The second kappa shape index (κ2) is 9.69.